The molecule has 2 rings (SSSR count). The van der Waals surface area contributed by atoms with Gasteiger partial charge in [-0.2, -0.15) is 0 Å². The van der Waals surface area contributed by atoms with Gasteiger partial charge >= 0.3 is 0 Å². The summed E-state index contributed by atoms with van der Waals surface area (Å²) in [6.07, 6.45) is 8.51. The monoisotopic (exact) mass is 240 g/mol. The van der Waals surface area contributed by atoms with Gasteiger partial charge in [0.1, 0.15) is 0 Å². The van der Waals surface area contributed by atoms with Crippen molar-refractivity contribution in [1.82, 2.24) is 4.90 Å². The highest BCUT2D eigenvalue weighted by Crippen LogP contribution is 2.34. The van der Waals surface area contributed by atoms with Crippen LogP contribution in [0.25, 0.3) is 0 Å². The van der Waals surface area contributed by atoms with E-state index >= 15 is 0 Å². The summed E-state index contributed by atoms with van der Waals surface area (Å²) in [4.78, 5) is 2.55. The largest absolute Gasteiger partial charge is 0.394 e. The van der Waals surface area contributed by atoms with E-state index in [1.807, 2.05) is 0 Å². The molecule has 2 fully saturated rings. The van der Waals surface area contributed by atoms with Crippen LogP contribution in [-0.2, 0) is 0 Å². The molecule has 0 bridgehead atoms. The lowest BCUT2D eigenvalue weighted by Gasteiger charge is -2.37. The minimum absolute atomic E-state index is 0.138. The third-order valence-corrected chi connectivity index (χ3v) is 5.07. The van der Waals surface area contributed by atoms with E-state index in [0.717, 1.165) is 31.2 Å². The second-order valence-corrected chi connectivity index (χ2v) is 6.50. The van der Waals surface area contributed by atoms with Gasteiger partial charge in [-0.25, -0.2) is 0 Å². The number of hydrogen-bond donors (Lipinski definition) is 2. The smallest absolute Gasteiger partial charge is 0.0611 e. The van der Waals surface area contributed by atoms with Crippen molar-refractivity contribution in [2.75, 3.05) is 13.7 Å². The third-order valence-electron chi connectivity index (χ3n) is 5.07. The SMILES string of the molecule is CC1CCC(N(C)C2CCC(N)(CO)C2)CC1. The number of rotatable bonds is 3. The second kappa shape index (κ2) is 5.25. The number of nitrogens with zero attached hydrogens (tertiary/aromatic N) is 1. The fourth-order valence-electron chi connectivity index (χ4n) is 3.57. The third kappa shape index (κ3) is 3.01. The predicted molar refractivity (Wildman–Crippen MR) is 70.8 cm³/mol. The lowest BCUT2D eigenvalue weighted by Crippen LogP contribution is -2.45. The Hall–Kier alpha value is -0.120. The summed E-state index contributed by atoms with van der Waals surface area (Å²) < 4.78 is 0. The van der Waals surface area contributed by atoms with Gasteiger partial charge in [0.15, 0.2) is 0 Å². The van der Waals surface area contributed by atoms with E-state index < -0.39 is 0 Å². The van der Waals surface area contributed by atoms with Crippen LogP contribution in [0.15, 0.2) is 0 Å². The van der Waals surface area contributed by atoms with Crippen molar-refractivity contribution in [2.24, 2.45) is 11.7 Å². The molecule has 0 radical (unpaired) electrons. The molecule has 0 aliphatic heterocycles. The maximum atomic E-state index is 9.33. The minimum atomic E-state index is -0.305. The molecular weight excluding hydrogens is 212 g/mol. The van der Waals surface area contributed by atoms with Crippen LogP contribution in [0, 0.1) is 5.92 Å². The van der Waals surface area contributed by atoms with Crippen LogP contribution in [0.1, 0.15) is 51.9 Å². The number of aliphatic hydroxyl groups excluding tert-OH is 1. The van der Waals surface area contributed by atoms with Crippen LogP contribution in [0.4, 0.5) is 0 Å². The van der Waals surface area contributed by atoms with Crippen LogP contribution < -0.4 is 5.73 Å². The van der Waals surface area contributed by atoms with E-state index in [2.05, 4.69) is 18.9 Å². The first-order chi connectivity index (χ1) is 8.04. The molecule has 0 aromatic heterocycles. The molecule has 0 amide bonds. The summed E-state index contributed by atoms with van der Waals surface area (Å²) in [6.45, 7) is 2.50. The molecule has 0 heterocycles. The molecule has 3 N–H and O–H groups in total. The number of nitrogens with two attached hydrogens (primary N) is 1. The molecule has 0 saturated heterocycles. The van der Waals surface area contributed by atoms with Gasteiger partial charge < -0.3 is 15.7 Å². The van der Waals surface area contributed by atoms with E-state index in [1.165, 1.54) is 25.7 Å². The van der Waals surface area contributed by atoms with E-state index in [9.17, 15) is 5.11 Å². The molecule has 100 valence electrons. The Bertz CT molecular complexity index is 251. The fraction of sp³-hybridized carbons (Fsp3) is 1.00. The highest BCUT2D eigenvalue weighted by atomic mass is 16.3. The van der Waals surface area contributed by atoms with E-state index in [1.54, 1.807) is 0 Å². The zero-order chi connectivity index (χ0) is 12.5. The molecule has 0 aromatic rings. The van der Waals surface area contributed by atoms with Crippen molar-refractivity contribution in [1.29, 1.82) is 0 Å². The van der Waals surface area contributed by atoms with Crippen molar-refractivity contribution < 1.29 is 5.11 Å². The van der Waals surface area contributed by atoms with Gasteiger partial charge in [-0.05, 0) is 57.9 Å². The molecule has 0 spiro atoms. The zero-order valence-corrected chi connectivity index (χ0v) is 11.4. The molecule has 2 unspecified atom stereocenters. The molecule has 2 aliphatic carbocycles. The molecule has 3 heteroatoms. The standard InChI is InChI=1S/C14H28N2O/c1-11-3-5-12(6-4-11)16(2)13-7-8-14(15,9-13)10-17/h11-13,17H,3-10,15H2,1-2H3. The van der Waals surface area contributed by atoms with Crippen molar-refractivity contribution >= 4 is 0 Å². The van der Waals surface area contributed by atoms with Gasteiger partial charge in [0, 0.05) is 17.6 Å². The molecule has 3 nitrogen and oxygen atoms in total. The van der Waals surface area contributed by atoms with Gasteiger partial charge in [-0.15, -0.1) is 0 Å². The minimum Gasteiger partial charge on any atom is -0.394 e. The van der Waals surface area contributed by atoms with Gasteiger partial charge in [0.25, 0.3) is 0 Å². The van der Waals surface area contributed by atoms with E-state index in [-0.39, 0.29) is 12.1 Å². The molecule has 2 atom stereocenters. The Morgan fingerprint density at radius 3 is 2.35 bits per heavy atom. The summed E-state index contributed by atoms with van der Waals surface area (Å²) in [5.41, 5.74) is 5.86. The van der Waals surface area contributed by atoms with E-state index in [4.69, 9.17) is 5.73 Å². The van der Waals surface area contributed by atoms with Crippen LogP contribution in [0.5, 0.6) is 0 Å². The lowest BCUT2D eigenvalue weighted by molar-refractivity contribution is 0.116. The van der Waals surface area contributed by atoms with Crippen LogP contribution in [0.2, 0.25) is 0 Å². The fourth-order valence-corrected chi connectivity index (χ4v) is 3.57. The quantitative estimate of drug-likeness (QED) is 0.790. The van der Waals surface area contributed by atoms with Gasteiger partial charge in [0.05, 0.1) is 6.61 Å². The average Bonchev–Trinajstić information content (AvgIpc) is 2.73. The summed E-state index contributed by atoms with van der Waals surface area (Å²) >= 11 is 0. The van der Waals surface area contributed by atoms with Crippen LogP contribution >= 0.6 is 0 Å². The normalized spacial score (nSPS) is 43.2. The maximum absolute atomic E-state index is 9.33. The first-order valence-electron chi connectivity index (χ1n) is 7.16. The van der Waals surface area contributed by atoms with Crippen LogP contribution in [0.3, 0.4) is 0 Å². The molecule has 2 saturated carbocycles. The van der Waals surface area contributed by atoms with E-state index in [0.29, 0.717) is 6.04 Å². The van der Waals surface area contributed by atoms with Crippen molar-refractivity contribution in [3.63, 3.8) is 0 Å². The molecule has 0 aromatic carbocycles. The topological polar surface area (TPSA) is 49.5 Å². The second-order valence-electron chi connectivity index (χ2n) is 6.50. The lowest BCUT2D eigenvalue weighted by atomic mass is 9.86. The molecule has 2 aliphatic rings. The first kappa shape index (κ1) is 13.3. The van der Waals surface area contributed by atoms with Crippen LogP contribution in [-0.4, -0.2) is 41.3 Å². The van der Waals surface area contributed by atoms with Gasteiger partial charge in [-0.3, -0.25) is 0 Å². The van der Waals surface area contributed by atoms with Crippen molar-refractivity contribution in [2.45, 2.75) is 69.5 Å². The predicted octanol–water partition coefficient (Wildman–Crippen LogP) is 1.74. The number of hydrogen-bond acceptors (Lipinski definition) is 3. The summed E-state index contributed by atoms with van der Waals surface area (Å²) in [5.74, 6) is 0.911. The Kier molecular flexibility index (Phi) is 4.11. The Morgan fingerprint density at radius 1 is 1.18 bits per heavy atom. The zero-order valence-electron chi connectivity index (χ0n) is 11.4. The molecular formula is C14H28N2O. The average molecular weight is 240 g/mol. The van der Waals surface area contributed by atoms with Gasteiger partial charge in [-0.1, -0.05) is 6.92 Å². The Morgan fingerprint density at radius 2 is 1.82 bits per heavy atom. The van der Waals surface area contributed by atoms with Gasteiger partial charge in [0.2, 0.25) is 0 Å². The molecule has 17 heavy (non-hydrogen) atoms. The summed E-state index contributed by atoms with van der Waals surface area (Å²) in [6, 6.07) is 1.34. The first-order valence-corrected chi connectivity index (χ1v) is 7.16. The number of aliphatic hydroxyl groups is 1. The van der Waals surface area contributed by atoms with Crippen molar-refractivity contribution in [3.05, 3.63) is 0 Å². The maximum Gasteiger partial charge on any atom is 0.0611 e. The highest BCUT2D eigenvalue weighted by Gasteiger charge is 2.38. The summed E-state index contributed by atoms with van der Waals surface area (Å²) in [7, 11) is 2.26. The summed E-state index contributed by atoms with van der Waals surface area (Å²) in [5, 5.41) is 9.33. The highest BCUT2D eigenvalue weighted by molar-refractivity contribution is 4.97. The van der Waals surface area contributed by atoms with Crippen molar-refractivity contribution in [3.8, 4) is 0 Å². The Balaban J connectivity index is 1.86. The Labute approximate surface area is 105 Å².